The van der Waals surface area contributed by atoms with Gasteiger partial charge in [0.05, 0.1) is 6.10 Å². The Morgan fingerprint density at radius 1 is 0.947 bits per heavy atom. The van der Waals surface area contributed by atoms with Crippen LogP contribution < -0.4 is 10.1 Å². The van der Waals surface area contributed by atoms with Crippen LogP contribution in [-0.4, -0.2) is 71.5 Å². The Bertz CT molecular complexity index is 1130. The number of likely N-dealkylation sites (tertiary alicyclic amines) is 1. The number of fused-ring (bicyclic) bond motifs is 3. The maximum Gasteiger partial charge on any atom is 0.255 e. The van der Waals surface area contributed by atoms with Gasteiger partial charge in [-0.05, 0) is 93.4 Å². The van der Waals surface area contributed by atoms with Crippen molar-refractivity contribution in [2.45, 2.75) is 94.5 Å². The predicted molar refractivity (Wildman–Crippen MR) is 139 cm³/mol. The second-order valence-electron chi connectivity index (χ2n) is 12.7. The van der Waals surface area contributed by atoms with E-state index in [2.05, 4.69) is 10.2 Å². The molecule has 0 spiro atoms. The normalized spacial score (nSPS) is 37.3. The molecule has 3 saturated heterocycles. The van der Waals surface area contributed by atoms with Crippen LogP contribution in [-0.2, 0) is 20.9 Å². The van der Waals surface area contributed by atoms with Crippen LogP contribution in [0.4, 0.5) is 0 Å². The minimum atomic E-state index is -0.874. The van der Waals surface area contributed by atoms with Crippen LogP contribution in [0.25, 0.3) is 0 Å². The number of rotatable bonds is 6. The molecule has 1 aromatic carbocycles. The monoisotopic (exact) mass is 521 g/mol. The van der Waals surface area contributed by atoms with Crippen LogP contribution in [0.3, 0.4) is 0 Å². The molecule has 0 radical (unpaired) electrons. The first-order valence-corrected chi connectivity index (χ1v) is 14.7. The van der Waals surface area contributed by atoms with E-state index in [1.807, 2.05) is 25.3 Å². The number of hydrogen-bond acceptors (Lipinski definition) is 6. The van der Waals surface area contributed by atoms with E-state index in [1.165, 1.54) is 58.0 Å². The van der Waals surface area contributed by atoms with Crippen molar-refractivity contribution < 1.29 is 23.9 Å². The zero-order valence-corrected chi connectivity index (χ0v) is 22.3. The fraction of sp³-hybridized carbons (Fsp3) is 0.700. The molecule has 3 amide bonds. The van der Waals surface area contributed by atoms with Crippen LogP contribution in [0.15, 0.2) is 18.2 Å². The third kappa shape index (κ3) is 3.89. The van der Waals surface area contributed by atoms with Crippen LogP contribution in [0, 0.1) is 17.8 Å². The molecule has 4 heterocycles. The standard InChI is InChI=1S/C30H39N3O5/c1-37-22-8-6-18(7-9-22)21-15-32(16-21)25-4-2-3-5-26(25)38-23-10-11-24-19(12-23)17-33(28(24)35)30-13-20(14-30)27(34)31-29(30)36/h10-12,18,20-22,25-26H,2-9,13-17H2,1H3,(H,31,34,36)/t18?,20?,22?,25-,26+,30?/m0/s1. The zero-order chi connectivity index (χ0) is 26.0. The molecule has 204 valence electrons. The van der Waals surface area contributed by atoms with Gasteiger partial charge in [0.1, 0.15) is 17.4 Å². The van der Waals surface area contributed by atoms with Gasteiger partial charge in [0, 0.05) is 44.3 Å². The van der Waals surface area contributed by atoms with Crippen molar-refractivity contribution in [2.75, 3.05) is 20.2 Å². The van der Waals surface area contributed by atoms with E-state index >= 15 is 0 Å². The summed E-state index contributed by atoms with van der Waals surface area (Å²) in [4.78, 5) is 42.2. The number of benzene rings is 1. The summed E-state index contributed by atoms with van der Waals surface area (Å²) in [5.41, 5.74) is 0.688. The van der Waals surface area contributed by atoms with Crippen molar-refractivity contribution in [2.24, 2.45) is 17.8 Å². The summed E-state index contributed by atoms with van der Waals surface area (Å²) < 4.78 is 12.2. The van der Waals surface area contributed by atoms with Gasteiger partial charge in [-0.25, -0.2) is 0 Å². The van der Waals surface area contributed by atoms with E-state index < -0.39 is 5.54 Å². The molecular formula is C30H39N3O5. The lowest BCUT2D eigenvalue weighted by atomic mass is 9.63. The second kappa shape index (κ2) is 9.33. The van der Waals surface area contributed by atoms with Gasteiger partial charge in [-0.1, -0.05) is 6.42 Å². The second-order valence-corrected chi connectivity index (χ2v) is 12.7. The number of hydrogen-bond donors (Lipinski definition) is 1. The number of amides is 3. The molecule has 3 saturated carbocycles. The topological polar surface area (TPSA) is 88.2 Å². The molecule has 0 unspecified atom stereocenters. The van der Waals surface area contributed by atoms with Crippen LogP contribution in [0.5, 0.6) is 5.75 Å². The number of nitrogens with zero attached hydrogens (tertiary/aromatic N) is 2. The van der Waals surface area contributed by atoms with Gasteiger partial charge in [-0.15, -0.1) is 0 Å². The minimum Gasteiger partial charge on any atom is -0.489 e. The Morgan fingerprint density at radius 3 is 2.45 bits per heavy atom. The van der Waals surface area contributed by atoms with Crippen LogP contribution in [0.1, 0.15) is 80.1 Å². The average Bonchev–Trinajstić information content (AvgIpc) is 3.19. The molecular weight excluding hydrogens is 482 g/mol. The first-order chi connectivity index (χ1) is 18.4. The van der Waals surface area contributed by atoms with Gasteiger partial charge in [-0.3, -0.25) is 24.6 Å². The van der Waals surface area contributed by atoms with Crippen LogP contribution >= 0.6 is 0 Å². The Labute approximate surface area is 224 Å². The van der Waals surface area contributed by atoms with E-state index in [4.69, 9.17) is 9.47 Å². The molecule has 7 aliphatic rings. The summed E-state index contributed by atoms with van der Waals surface area (Å²) in [7, 11) is 1.84. The summed E-state index contributed by atoms with van der Waals surface area (Å²) in [6.45, 7) is 2.77. The van der Waals surface area contributed by atoms with Gasteiger partial charge >= 0.3 is 0 Å². The average molecular weight is 522 g/mol. The highest BCUT2D eigenvalue weighted by Gasteiger charge is 2.63. The Morgan fingerprint density at radius 2 is 1.71 bits per heavy atom. The SMILES string of the molecule is COC1CCC(C2CN([C@H]3CCCC[C@H]3Oc3ccc4c(c3)CN(C35CC(C3)C(=O)NC5=O)C4=O)C2)CC1. The number of nitrogens with one attached hydrogen (secondary N) is 1. The van der Waals surface area contributed by atoms with Crippen molar-refractivity contribution >= 4 is 17.7 Å². The van der Waals surface area contributed by atoms with Gasteiger partial charge in [0.2, 0.25) is 5.91 Å². The fourth-order valence-corrected chi connectivity index (χ4v) is 8.24. The van der Waals surface area contributed by atoms with Crippen molar-refractivity contribution in [1.29, 1.82) is 0 Å². The highest BCUT2D eigenvalue weighted by molar-refractivity contribution is 6.10. The largest absolute Gasteiger partial charge is 0.489 e. The lowest BCUT2D eigenvalue weighted by Crippen LogP contribution is -2.73. The number of carbonyl (C=O) groups excluding carboxylic acids is 3. The maximum absolute atomic E-state index is 13.2. The highest BCUT2D eigenvalue weighted by Crippen LogP contribution is 2.49. The molecule has 2 atom stereocenters. The van der Waals surface area contributed by atoms with E-state index in [1.54, 1.807) is 4.90 Å². The van der Waals surface area contributed by atoms with Crippen LogP contribution in [0.2, 0.25) is 0 Å². The van der Waals surface area contributed by atoms with E-state index in [-0.39, 0.29) is 29.7 Å². The van der Waals surface area contributed by atoms with Gasteiger partial charge < -0.3 is 14.4 Å². The molecule has 1 aromatic rings. The minimum absolute atomic E-state index is 0.115. The molecule has 8 nitrogen and oxygen atoms in total. The predicted octanol–water partition coefficient (Wildman–Crippen LogP) is 3.27. The first kappa shape index (κ1) is 24.6. The lowest BCUT2D eigenvalue weighted by molar-refractivity contribution is -0.160. The van der Waals surface area contributed by atoms with Gasteiger partial charge in [0.25, 0.3) is 11.8 Å². The zero-order valence-electron chi connectivity index (χ0n) is 22.3. The molecule has 6 fully saturated rings. The number of methoxy groups -OCH3 is 1. The first-order valence-electron chi connectivity index (χ1n) is 14.7. The summed E-state index contributed by atoms with van der Waals surface area (Å²) in [5, 5.41) is 2.46. The Hall–Kier alpha value is -2.45. The Balaban J connectivity index is 0.994. The number of carbonyl (C=O) groups is 3. The third-order valence-electron chi connectivity index (χ3n) is 10.7. The highest BCUT2D eigenvalue weighted by atomic mass is 16.5. The molecule has 8 rings (SSSR count). The summed E-state index contributed by atoms with van der Waals surface area (Å²) in [6, 6.07) is 6.24. The van der Waals surface area contributed by atoms with Crippen molar-refractivity contribution in [1.82, 2.24) is 15.1 Å². The Kier molecular flexibility index (Phi) is 6.04. The lowest BCUT2D eigenvalue weighted by Gasteiger charge is -2.53. The third-order valence-corrected chi connectivity index (χ3v) is 10.7. The molecule has 38 heavy (non-hydrogen) atoms. The molecule has 4 aliphatic heterocycles. The van der Waals surface area contributed by atoms with Crippen molar-refractivity contribution in [3.05, 3.63) is 29.3 Å². The molecule has 0 aromatic heterocycles. The molecule has 8 heteroatoms. The fourth-order valence-electron chi connectivity index (χ4n) is 8.24. The van der Waals surface area contributed by atoms with E-state index in [0.29, 0.717) is 37.1 Å². The molecule has 2 bridgehead atoms. The summed E-state index contributed by atoms with van der Waals surface area (Å²) >= 11 is 0. The van der Waals surface area contributed by atoms with E-state index in [0.717, 1.165) is 29.6 Å². The van der Waals surface area contributed by atoms with Crippen molar-refractivity contribution in [3.63, 3.8) is 0 Å². The van der Waals surface area contributed by atoms with Crippen molar-refractivity contribution in [3.8, 4) is 5.75 Å². The molecule has 1 N–H and O–H groups in total. The molecule has 3 aliphatic carbocycles. The number of imide groups is 1. The summed E-state index contributed by atoms with van der Waals surface area (Å²) in [5.74, 6) is 1.66. The quantitative estimate of drug-likeness (QED) is 0.578. The summed E-state index contributed by atoms with van der Waals surface area (Å²) in [6.07, 6.45) is 11.2. The van der Waals surface area contributed by atoms with Gasteiger partial charge in [-0.2, -0.15) is 0 Å². The number of piperidine rings is 2. The maximum atomic E-state index is 13.2. The van der Waals surface area contributed by atoms with Gasteiger partial charge in [0.15, 0.2) is 0 Å². The smallest absolute Gasteiger partial charge is 0.255 e. The number of ether oxygens (including phenoxy) is 2. The van der Waals surface area contributed by atoms with E-state index in [9.17, 15) is 14.4 Å².